The van der Waals surface area contributed by atoms with Gasteiger partial charge < -0.3 is 10.6 Å². The lowest BCUT2D eigenvalue weighted by Crippen LogP contribution is -2.21. The van der Waals surface area contributed by atoms with E-state index in [-0.39, 0.29) is 16.8 Å². The molecule has 0 aliphatic carbocycles. The zero-order valence-corrected chi connectivity index (χ0v) is 11.2. The summed E-state index contributed by atoms with van der Waals surface area (Å²) in [6, 6.07) is 4.98. The normalized spacial score (nSPS) is 19.4. The Hall–Kier alpha value is -1.56. The number of carbonyl (C=O) groups excluding carboxylic acids is 1. The maximum Gasteiger partial charge on any atom is 0.226 e. The average Bonchev–Trinajstić information content (AvgIpc) is 2.44. The highest BCUT2D eigenvalue weighted by atomic mass is 32.2. The van der Waals surface area contributed by atoms with E-state index < -0.39 is 9.84 Å². The minimum atomic E-state index is -3.36. The predicted octanol–water partition coefficient (Wildman–Crippen LogP) is 1.62. The summed E-state index contributed by atoms with van der Waals surface area (Å²) in [6.07, 6.45) is 2.28. The van der Waals surface area contributed by atoms with Crippen LogP contribution in [-0.4, -0.2) is 26.6 Å². The van der Waals surface area contributed by atoms with Crippen LogP contribution in [0.3, 0.4) is 0 Å². The van der Waals surface area contributed by atoms with Gasteiger partial charge in [-0.25, -0.2) is 8.42 Å². The highest BCUT2D eigenvalue weighted by molar-refractivity contribution is 7.90. The number of para-hydroxylation sites is 1. The first-order valence-electron chi connectivity index (χ1n) is 5.81. The van der Waals surface area contributed by atoms with Crippen molar-refractivity contribution in [3.05, 3.63) is 18.2 Å². The Morgan fingerprint density at radius 2 is 2.11 bits per heavy atom. The smallest absolute Gasteiger partial charge is 0.226 e. The molecular formula is C12H16N2O3S. The highest BCUT2D eigenvalue weighted by Crippen LogP contribution is 2.32. The van der Waals surface area contributed by atoms with Crippen molar-refractivity contribution in [3.8, 4) is 0 Å². The lowest BCUT2D eigenvalue weighted by molar-refractivity contribution is -0.116. The molecule has 98 valence electrons. The van der Waals surface area contributed by atoms with Crippen molar-refractivity contribution < 1.29 is 13.2 Å². The Morgan fingerprint density at radius 1 is 1.39 bits per heavy atom. The standard InChI is InChI=1S/C12H16N2O3S/c1-3-8-7-11(15)14-12-9(13-8)5-4-6-10(12)18(2,16)17/h4-6,8,13H,3,7H2,1-2H3,(H,14,15). The number of benzene rings is 1. The molecule has 1 aromatic carbocycles. The van der Waals surface area contributed by atoms with Crippen LogP contribution in [0.2, 0.25) is 0 Å². The van der Waals surface area contributed by atoms with E-state index >= 15 is 0 Å². The van der Waals surface area contributed by atoms with Crippen molar-refractivity contribution in [2.24, 2.45) is 0 Å². The van der Waals surface area contributed by atoms with Crippen LogP contribution in [-0.2, 0) is 14.6 Å². The summed E-state index contributed by atoms with van der Waals surface area (Å²) in [5.74, 6) is -0.163. The summed E-state index contributed by atoms with van der Waals surface area (Å²) >= 11 is 0. The Kier molecular flexibility index (Phi) is 3.30. The first-order chi connectivity index (χ1) is 8.41. The van der Waals surface area contributed by atoms with Crippen molar-refractivity contribution >= 4 is 27.1 Å². The second-order valence-electron chi connectivity index (χ2n) is 4.45. The van der Waals surface area contributed by atoms with Crippen LogP contribution in [0.4, 0.5) is 11.4 Å². The number of hydrogen-bond acceptors (Lipinski definition) is 4. The number of amides is 1. The molecule has 0 saturated carbocycles. The summed E-state index contributed by atoms with van der Waals surface area (Å²) in [4.78, 5) is 11.9. The third-order valence-corrected chi connectivity index (χ3v) is 4.11. The number of carbonyl (C=O) groups is 1. The summed E-state index contributed by atoms with van der Waals surface area (Å²) < 4.78 is 23.4. The number of rotatable bonds is 2. The van der Waals surface area contributed by atoms with Gasteiger partial charge in [0.2, 0.25) is 5.91 Å². The summed E-state index contributed by atoms with van der Waals surface area (Å²) in [7, 11) is -3.36. The van der Waals surface area contributed by atoms with Crippen LogP contribution in [0.25, 0.3) is 0 Å². The molecule has 2 rings (SSSR count). The second-order valence-corrected chi connectivity index (χ2v) is 6.44. The van der Waals surface area contributed by atoms with E-state index in [1.54, 1.807) is 12.1 Å². The predicted molar refractivity (Wildman–Crippen MR) is 70.5 cm³/mol. The van der Waals surface area contributed by atoms with Gasteiger partial charge in [-0.3, -0.25) is 4.79 Å². The van der Waals surface area contributed by atoms with Crippen LogP contribution in [0, 0.1) is 0 Å². The minimum absolute atomic E-state index is 0.0288. The molecule has 1 heterocycles. The largest absolute Gasteiger partial charge is 0.380 e. The van der Waals surface area contributed by atoms with E-state index in [0.29, 0.717) is 17.8 Å². The van der Waals surface area contributed by atoms with Crippen LogP contribution < -0.4 is 10.6 Å². The fourth-order valence-electron chi connectivity index (χ4n) is 2.02. The minimum Gasteiger partial charge on any atom is -0.380 e. The van der Waals surface area contributed by atoms with Crippen molar-refractivity contribution in [1.82, 2.24) is 0 Å². The Bertz CT molecular complexity index is 581. The first-order valence-corrected chi connectivity index (χ1v) is 7.70. The van der Waals surface area contributed by atoms with Gasteiger partial charge in [-0.2, -0.15) is 0 Å². The number of hydrogen-bond donors (Lipinski definition) is 2. The molecule has 1 aliphatic heterocycles. The second kappa shape index (κ2) is 4.61. The lowest BCUT2D eigenvalue weighted by Gasteiger charge is -2.15. The van der Waals surface area contributed by atoms with Gasteiger partial charge in [-0.15, -0.1) is 0 Å². The lowest BCUT2D eigenvalue weighted by atomic mass is 10.1. The molecule has 0 saturated heterocycles. The average molecular weight is 268 g/mol. The van der Waals surface area contributed by atoms with E-state index in [2.05, 4.69) is 10.6 Å². The molecule has 6 heteroatoms. The van der Waals surface area contributed by atoms with E-state index in [1.165, 1.54) is 6.07 Å². The van der Waals surface area contributed by atoms with Crippen molar-refractivity contribution in [2.75, 3.05) is 16.9 Å². The van der Waals surface area contributed by atoms with Crippen molar-refractivity contribution in [1.29, 1.82) is 0 Å². The zero-order valence-electron chi connectivity index (χ0n) is 10.4. The third-order valence-electron chi connectivity index (χ3n) is 2.97. The number of anilines is 2. The summed E-state index contributed by atoms with van der Waals surface area (Å²) in [6.45, 7) is 1.98. The maximum absolute atomic E-state index is 11.7. The van der Waals surface area contributed by atoms with Gasteiger partial charge in [0.05, 0.1) is 16.3 Å². The molecule has 0 fully saturated rings. The van der Waals surface area contributed by atoms with Crippen LogP contribution in [0.15, 0.2) is 23.1 Å². The zero-order chi connectivity index (χ0) is 13.3. The van der Waals surface area contributed by atoms with Gasteiger partial charge in [0, 0.05) is 18.7 Å². The van der Waals surface area contributed by atoms with E-state index in [1.807, 2.05) is 6.92 Å². The number of sulfone groups is 1. The Labute approximate surface area is 107 Å². The van der Waals surface area contributed by atoms with Gasteiger partial charge in [0.25, 0.3) is 0 Å². The molecule has 0 radical (unpaired) electrons. The van der Waals surface area contributed by atoms with Gasteiger partial charge in [-0.05, 0) is 18.6 Å². The molecule has 1 aliphatic rings. The molecule has 0 bridgehead atoms. The molecule has 1 atom stereocenters. The quantitative estimate of drug-likeness (QED) is 0.854. The van der Waals surface area contributed by atoms with Crippen LogP contribution >= 0.6 is 0 Å². The van der Waals surface area contributed by atoms with Crippen molar-refractivity contribution in [2.45, 2.75) is 30.7 Å². The number of fused-ring (bicyclic) bond motifs is 1. The molecule has 0 spiro atoms. The molecule has 5 nitrogen and oxygen atoms in total. The Morgan fingerprint density at radius 3 is 2.72 bits per heavy atom. The Balaban J connectivity index is 2.56. The number of nitrogens with one attached hydrogen (secondary N) is 2. The molecule has 2 N–H and O–H groups in total. The molecule has 18 heavy (non-hydrogen) atoms. The fraction of sp³-hybridized carbons (Fsp3) is 0.417. The van der Waals surface area contributed by atoms with Crippen LogP contribution in [0.5, 0.6) is 0 Å². The van der Waals surface area contributed by atoms with E-state index in [4.69, 9.17) is 0 Å². The van der Waals surface area contributed by atoms with Gasteiger partial charge in [0.1, 0.15) is 0 Å². The maximum atomic E-state index is 11.7. The topological polar surface area (TPSA) is 75.3 Å². The molecule has 1 amide bonds. The SMILES string of the molecule is CCC1CC(=O)Nc2c(cccc2S(C)(=O)=O)N1. The highest BCUT2D eigenvalue weighted by Gasteiger charge is 2.24. The molecule has 1 unspecified atom stereocenters. The van der Waals surface area contributed by atoms with E-state index in [9.17, 15) is 13.2 Å². The van der Waals surface area contributed by atoms with Gasteiger partial charge >= 0.3 is 0 Å². The fourth-order valence-corrected chi connectivity index (χ4v) is 2.88. The molecule has 1 aromatic rings. The van der Waals surface area contributed by atoms with Gasteiger partial charge in [-0.1, -0.05) is 13.0 Å². The summed E-state index contributed by atoms with van der Waals surface area (Å²) in [5.41, 5.74) is 1.02. The van der Waals surface area contributed by atoms with E-state index in [0.717, 1.165) is 12.7 Å². The van der Waals surface area contributed by atoms with Crippen molar-refractivity contribution in [3.63, 3.8) is 0 Å². The van der Waals surface area contributed by atoms with Crippen LogP contribution in [0.1, 0.15) is 19.8 Å². The van der Waals surface area contributed by atoms with Gasteiger partial charge in [0.15, 0.2) is 9.84 Å². The molecule has 0 aromatic heterocycles. The first kappa shape index (κ1) is 12.9. The molecular weight excluding hydrogens is 252 g/mol. The third kappa shape index (κ3) is 2.48. The summed E-state index contributed by atoms with van der Waals surface area (Å²) in [5, 5.41) is 5.89. The monoisotopic (exact) mass is 268 g/mol.